The predicted molar refractivity (Wildman–Crippen MR) is 61.1 cm³/mol. The molecule has 3 amide bonds. The average Bonchev–Trinajstić information content (AvgIpc) is 2.73. The molecule has 1 fully saturated rings. The van der Waals surface area contributed by atoms with Gasteiger partial charge in [-0.25, -0.2) is 4.79 Å². The van der Waals surface area contributed by atoms with Gasteiger partial charge in [-0.15, -0.1) is 0 Å². The van der Waals surface area contributed by atoms with Gasteiger partial charge in [0.05, 0.1) is 6.04 Å². The molecule has 3 N–H and O–H groups in total. The Kier molecular flexibility index (Phi) is 1.86. The molecule has 17 heavy (non-hydrogen) atoms. The van der Waals surface area contributed by atoms with Crippen molar-refractivity contribution in [1.82, 2.24) is 10.2 Å². The Morgan fingerprint density at radius 3 is 2.71 bits per heavy atom. The van der Waals surface area contributed by atoms with E-state index < -0.39 is 11.6 Å². The maximum absolute atomic E-state index is 12.0. The number of amides is 3. The Morgan fingerprint density at radius 1 is 1.41 bits per heavy atom. The molecule has 2 aliphatic rings. The van der Waals surface area contributed by atoms with Crippen LogP contribution in [0, 0.1) is 0 Å². The van der Waals surface area contributed by atoms with Crippen LogP contribution in [0.3, 0.4) is 0 Å². The molecule has 1 aliphatic carbocycles. The van der Waals surface area contributed by atoms with Crippen molar-refractivity contribution in [2.24, 2.45) is 5.73 Å². The van der Waals surface area contributed by atoms with Gasteiger partial charge in [-0.05, 0) is 11.1 Å². The number of hydrogen-bond acceptors (Lipinski definition) is 3. The van der Waals surface area contributed by atoms with Crippen molar-refractivity contribution < 1.29 is 9.59 Å². The number of urea groups is 1. The molecule has 2 unspecified atom stereocenters. The zero-order valence-electron chi connectivity index (χ0n) is 9.43. The van der Waals surface area contributed by atoms with Crippen LogP contribution in [0.5, 0.6) is 0 Å². The van der Waals surface area contributed by atoms with E-state index in [9.17, 15) is 9.59 Å². The monoisotopic (exact) mass is 231 g/mol. The van der Waals surface area contributed by atoms with Gasteiger partial charge in [-0.2, -0.15) is 0 Å². The van der Waals surface area contributed by atoms with Crippen molar-refractivity contribution in [2.75, 3.05) is 7.05 Å². The van der Waals surface area contributed by atoms with Crippen molar-refractivity contribution in [3.63, 3.8) is 0 Å². The zero-order chi connectivity index (χ0) is 12.2. The SMILES string of the molecule is CN1C(=O)NC(=O)C12Cc1ccccc1C2N. The van der Waals surface area contributed by atoms with E-state index in [1.54, 1.807) is 7.05 Å². The second-order valence-corrected chi connectivity index (χ2v) is 4.60. The van der Waals surface area contributed by atoms with Gasteiger partial charge in [-0.3, -0.25) is 10.1 Å². The minimum atomic E-state index is -0.944. The van der Waals surface area contributed by atoms with Crippen LogP contribution in [-0.2, 0) is 11.2 Å². The number of benzene rings is 1. The first-order valence-corrected chi connectivity index (χ1v) is 5.50. The number of nitrogens with one attached hydrogen (secondary N) is 1. The maximum Gasteiger partial charge on any atom is 0.324 e. The second kappa shape index (κ2) is 3.07. The highest BCUT2D eigenvalue weighted by molar-refractivity contribution is 6.08. The number of rotatable bonds is 0. The first kappa shape index (κ1) is 10.3. The highest BCUT2D eigenvalue weighted by atomic mass is 16.2. The number of carbonyl (C=O) groups excluding carboxylic acids is 2. The smallest absolute Gasteiger partial charge is 0.322 e. The first-order chi connectivity index (χ1) is 8.07. The minimum absolute atomic E-state index is 0.297. The lowest BCUT2D eigenvalue weighted by atomic mass is 9.90. The standard InChI is InChI=1S/C12H13N3O2/c1-15-11(17)14-10(16)12(15)6-7-4-2-3-5-8(7)9(12)13/h2-5,9H,6,13H2,1H3,(H,14,16,17). The Balaban J connectivity index is 2.14. The fraction of sp³-hybridized carbons (Fsp3) is 0.333. The topological polar surface area (TPSA) is 75.4 Å². The highest BCUT2D eigenvalue weighted by Gasteiger charge is 2.58. The zero-order valence-corrected chi connectivity index (χ0v) is 9.43. The van der Waals surface area contributed by atoms with Crippen LogP contribution >= 0.6 is 0 Å². The van der Waals surface area contributed by atoms with E-state index in [4.69, 9.17) is 5.73 Å². The maximum atomic E-state index is 12.0. The summed E-state index contributed by atoms with van der Waals surface area (Å²) in [6.45, 7) is 0. The molecule has 0 radical (unpaired) electrons. The molecular formula is C12H13N3O2. The Bertz CT molecular complexity index is 528. The van der Waals surface area contributed by atoms with Crippen molar-refractivity contribution in [1.29, 1.82) is 0 Å². The van der Waals surface area contributed by atoms with Gasteiger partial charge in [-0.1, -0.05) is 24.3 Å². The van der Waals surface area contributed by atoms with E-state index in [0.29, 0.717) is 6.42 Å². The molecule has 1 heterocycles. The third-order valence-corrected chi connectivity index (χ3v) is 3.88. The first-order valence-electron chi connectivity index (χ1n) is 5.50. The summed E-state index contributed by atoms with van der Waals surface area (Å²) in [5.41, 5.74) is 7.22. The van der Waals surface area contributed by atoms with Crippen molar-refractivity contribution >= 4 is 11.9 Å². The van der Waals surface area contributed by atoms with E-state index in [1.165, 1.54) is 4.90 Å². The summed E-state index contributed by atoms with van der Waals surface area (Å²) >= 11 is 0. The number of hydrogen-bond donors (Lipinski definition) is 2. The molecule has 0 saturated carbocycles. The molecule has 3 rings (SSSR count). The van der Waals surface area contributed by atoms with Gasteiger partial charge in [0.25, 0.3) is 5.91 Å². The molecule has 5 nitrogen and oxygen atoms in total. The van der Waals surface area contributed by atoms with Gasteiger partial charge in [0.1, 0.15) is 5.54 Å². The molecule has 5 heteroatoms. The minimum Gasteiger partial charge on any atom is -0.322 e. The van der Waals surface area contributed by atoms with Crippen molar-refractivity contribution in [3.8, 4) is 0 Å². The van der Waals surface area contributed by atoms with Crippen molar-refractivity contribution in [3.05, 3.63) is 35.4 Å². The molecule has 2 atom stereocenters. The molecule has 0 bridgehead atoms. The van der Waals surface area contributed by atoms with E-state index in [1.807, 2.05) is 24.3 Å². The normalized spacial score (nSPS) is 30.9. The number of imide groups is 1. The quantitative estimate of drug-likeness (QED) is 0.625. The predicted octanol–water partition coefficient (Wildman–Crippen LogP) is 0.163. The fourth-order valence-electron chi connectivity index (χ4n) is 2.83. The molecule has 1 aromatic carbocycles. The van der Waals surface area contributed by atoms with Gasteiger partial charge >= 0.3 is 6.03 Å². The number of nitrogens with two attached hydrogens (primary N) is 1. The lowest BCUT2D eigenvalue weighted by Gasteiger charge is -2.32. The lowest BCUT2D eigenvalue weighted by Crippen LogP contribution is -2.53. The van der Waals surface area contributed by atoms with E-state index >= 15 is 0 Å². The molecule has 0 aromatic heterocycles. The number of nitrogens with zero attached hydrogens (tertiary/aromatic N) is 1. The highest BCUT2D eigenvalue weighted by Crippen LogP contribution is 2.43. The summed E-state index contributed by atoms with van der Waals surface area (Å²) in [7, 11) is 1.62. The van der Waals surface area contributed by atoms with Crippen LogP contribution in [0.2, 0.25) is 0 Å². The van der Waals surface area contributed by atoms with Gasteiger partial charge in [0.15, 0.2) is 0 Å². The van der Waals surface area contributed by atoms with Crippen LogP contribution in [0.4, 0.5) is 4.79 Å². The van der Waals surface area contributed by atoms with Gasteiger partial charge < -0.3 is 10.6 Å². The fourth-order valence-corrected chi connectivity index (χ4v) is 2.83. The summed E-state index contributed by atoms with van der Waals surface area (Å²) in [6, 6.07) is 6.84. The summed E-state index contributed by atoms with van der Waals surface area (Å²) in [6.07, 6.45) is 0.485. The van der Waals surface area contributed by atoms with Crippen molar-refractivity contribution in [2.45, 2.75) is 18.0 Å². The Labute approximate surface area is 98.6 Å². The summed E-state index contributed by atoms with van der Waals surface area (Å²) in [4.78, 5) is 25.1. The van der Waals surface area contributed by atoms with E-state index in [2.05, 4.69) is 5.32 Å². The van der Waals surface area contributed by atoms with Crippen LogP contribution in [-0.4, -0.2) is 29.4 Å². The Morgan fingerprint density at radius 2 is 2.12 bits per heavy atom. The van der Waals surface area contributed by atoms with E-state index in [0.717, 1.165) is 11.1 Å². The summed E-state index contributed by atoms with van der Waals surface area (Å²) < 4.78 is 0. The average molecular weight is 231 g/mol. The third kappa shape index (κ3) is 1.07. The van der Waals surface area contributed by atoms with Gasteiger partial charge in [0.2, 0.25) is 0 Å². The van der Waals surface area contributed by atoms with E-state index in [-0.39, 0.29) is 11.9 Å². The lowest BCUT2D eigenvalue weighted by molar-refractivity contribution is -0.126. The largest absolute Gasteiger partial charge is 0.324 e. The molecule has 1 spiro atoms. The van der Waals surface area contributed by atoms with Crippen LogP contribution < -0.4 is 11.1 Å². The molecular weight excluding hydrogens is 218 g/mol. The van der Waals surface area contributed by atoms with Crippen LogP contribution in [0.15, 0.2) is 24.3 Å². The summed E-state index contributed by atoms with van der Waals surface area (Å²) in [5.74, 6) is -0.297. The third-order valence-electron chi connectivity index (χ3n) is 3.88. The molecule has 88 valence electrons. The second-order valence-electron chi connectivity index (χ2n) is 4.60. The van der Waals surface area contributed by atoms with Crippen LogP contribution in [0.25, 0.3) is 0 Å². The molecule has 1 aliphatic heterocycles. The number of likely N-dealkylation sites (N-methyl/N-ethyl adjacent to an activating group) is 1. The Hall–Kier alpha value is -1.88. The van der Waals surface area contributed by atoms with Gasteiger partial charge in [0, 0.05) is 13.5 Å². The number of carbonyl (C=O) groups is 2. The number of fused-ring (bicyclic) bond motifs is 1. The van der Waals surface area contributed by atoms with Crippen LogP contribution in [0.1, 0.15) is 17.2 Å². The molecule has 1 saturated heterocycles. The molecule has 1 aromatic rings. The summed E-state index contributed by atoms with van der Waals surface area (Å²) in [5, 5.41) is 2.33.